The molecule has 7 N–H and O–H groups in total. The summed E-state index contributed by atoms with van der Waals surface area (Å²) in [7, 11) is 0. The maximum absolute atomic E-state index is 13.0. The first-order chi connectivity index (χ1) is 15.6. The number of amides is 3. The Morgan fingerprint density at radius 3 is 1.50 bits per heavy atom. The van der Waals surface area contributed by atoms with Crippen LogP contribution in [-0.2, 0) is 24.0 Å². The van der Waals surface area contributed by atoms with Gasteiger partial charge < -0.3 is 31.9 Å². The van der Waals surface area contributed by atoms with Gasteiger partial charge in [-0.25, -0.2) is 4.79 Å². The van der Waals surface area contributed by atoms with E-state index in [1.807, 2.05) is 27.7 Å². The second-order valence-electron chi connectivity index (χ2n) is 9.95. The molecule has 0 rings (SSSR count). The van der Waals surface area contributed by atoms with E-state index in [0.717, 1.165) is 0 Å². The van der Waals surface area contributed by atoms with Crippen LogP contribution in [0.3, 0.4) is 0 Å². The van der Waals surface area contributed by atoms with E-state index in [1.165, 1.54) is 0 Å². The maximum Gasteiger partial charge on any atom is 0.326 e. The van der Waals surface area contributed by atoms with Gasteiger partial charge in [-0.3, -0.25) is 19.2 Å². The van der Waals surface area contributed by atoms with Gasteiger partial charge in [0.1, 0.15) is 18.1 Å². The monoisotopic (exact) mass is 486 g/mol. The fraction of sp³-hybridized carbons (Fsp3) is 0.783. The average Bonchev–Trinajstić information content (AvgIpc) is 2.68. The molecule has 0 fully saturated rings. The Hall–Kier alpha value is -2.69. The zero-order chi connectivity index (χ0) is 26.6. The van der Waals surface area contributed by atoms with Gasteiger partial charge in [0.05, 0.1) is 6.04 Å². The Kier molecular flexibility index (Phi) is 14.1. The Labute approximate surface area is 201 Å². The first-order valence-corrected chi connectivity index (χ1v) is 11.7. The summed E-state index contributed by atoms with van der Waals surface area (Å²) in [4.78, 5) is 60.9. The van der Waals surface area contributed by atoms with Gasteiger partial charge >= 0.3 is 11.9 Å². The first-order valence-electron chi connectivity index (χ1n) is 11.7. The smallest absolute Gasteiger partial charge is 0.326 e. The summed E-state index contributed by atoms with van der Waals surface area (Å²) in [6.45, 7) is 11.2. The van der Waals surface area contributed by atoms with Crippen molar-refractivity contribution in [1.29, 1.82) is 0 Å². The highest BCUT2D eigenvalue weighted by Gasteiger charge is 2.31. The van der Waals surface area contributed by atoms with Gasteiger partial charge in [-0.1, -0.05) is 41.5 Å². The van der Waals surface area contributed by atoms with E-state index in [0.29, 0.717) is 6.42 Å². The molecule has 0 heterocycles. The lowest BCUT2D eigenvalue weighted by molar-refractivity contribution is -0.143. The molecule has 196 valence electrons. The van der Waals surface area contributed by atoms with E-state index in [1.54, 1.807) is 13.8 Å². The molecule has 11 nitrogen and oxygen atoms in total. The van der Waals surface area contributed by atoms with Crippen LogP contribution in [0.1, 0.15) is 73.6 Å². The lowest BCUT2D eigenvalue weighted by Gasteiger charge is -2.26. The van der Waals surface area contributed by atoms with Crippen molar-refractivity contribution in [1.82, 2.24) is 16.0 Å². The van der Waals surface area contributed by atoms with E-state index in [4.69, 9.17) is 10.8 Å². The molecule has 0 spiro atoms. The summed E-state index contributed by atoms with van der Waals surface area (Å²) in [6.07, 6.45) is 0.208. The molecule has 0 aromatic heterocycles. The predicted octanol–water partition coefficient (Wildman–Crippen LogP) is 0.856. The Bertz CT molecular complexity index is 709. The van der Waals surface area contributed by atoms with Crippen molar-refractivity contribution in [3.8, 4) is 0 Å². The summed E-state index contributed by atoms with van der Waals surface area (Å²) in [5.74, 6) is -4.18. The summed E-state index contributed by atoms with van der Waals surface area (Å²) >= 11 is 0. The standard InChI is InChI=1S/C23H42N4O7/c1-12(2)9-15(24)20(30)26-17(10-13(3)4)22(32)25-16(7-8-19(28)29)21(31)27-18(23(33)34)11-14(5)6/h12-18H,7-11,24H2,1-6H3,(H,25,32)(H,26,30)(H,27,31)(H,28,29)(H,33,34). The summed E-state index contributed by atoms with van der Waals surface area (Å²) in [6, 6.07) is -4.26. The Morgan fingerprint density at radius 2 is 1.06 bits per heavy atom. The number of hydrogen-bond donors (Lipinski definition) is 6. The molecule has 34 heavy (non-hydrogen) atoms. The van der Waals surface area contributed by atoms with Crippen molar-refractivity contribution in [3.05, 3.63) is 0 Å². The van der Waals surface area contributed by atoms with Crippen molar-refractivity contribution >= 4 is 29.7 Å². The highest BCUT2D eigenvalue weighted by atomic mass is 16.4. The van der Waals surface area contributed by atoms with E-state index in [2.05, 4.69) is 16.0 Å². The SMILES string of the molecule is CC(C)CC(N)C(=O)NC(CC(C)C)C(=O)NC(CCC(=O)O)C(=O)NC(CC(C)C)C(=O)O. The highest BCUT2D eigenvalue weighted by Crippen LogP contribution is 2.10. The van der Waals surface area contributed by atoms with Crippen LogP contribution in [0.15, 0.2) is 0 Å². The number of nitrogens with one attached hydrogen (secondary N) is 3. The van der Waals surface area contributed by atoms with Crippen LogP contribution in [-0.4, -0.2) is 64.0 Å². The number of nitrogens with two attached hydrogens (primary N) is 1. The van der Waals surface area contributed by atoms with Gasteiger partial charge in [-0.2, -0.15) is 0 Å². The third kappa shape index (κ3) is 13.1. The van der Waals surface area contributed by atoms with Crippen molar-refractivity contribution in [2.24, 2.45) is 23.5 Å². The topological polar surface area (TPSA) is 188 Å². The number of carbonyl (C=O) groups excluding carboxylic acids is 3. The number of rotatable bonds is 16. The van der Waals surface area contributed by atoms with Gasteiger partial charge in [0.15, 0.2) is 0 Å². The third-order valence-electron chi connectivity index (χ3n) is 5.00. The molecular formula is C23H42N4O7. The van der Waals surface area contributed by atoms with Crippen LogP contribution in [0.5, 0.6) is 0 Å². The van der Waals surface area contributed by atoms with E-state index < -0.39 is 60.2 Å². The fourth-order valence-electron chi connectivity index (χ4n) is 3.37. The molecule has 0 aliphatic carbocycles. The third-order valence-corrected chi connectivity index (χ3v) is 5.00. The lowest BCUT2D eigenvalue weighted by atomic mass is 9.99. The molecule has 3 amide bonds. The van der Waals surface area contributed by atoms with E-state index >= 15 is 0 Å². The Balaban J connectivity index is 5.57. The van der Waals surface area contributed by atoms with Crippen LogP contribution in [0.25, 0.3) is 0 Å². The normalized spacial score (nSPS) is 14.9. The first kappa shape index (κ1) is 31.3. The van der Waals surface area contributed by atoms with Crippen molar-refractivity contribution in [3.63, 3.8) is 0 Å². The number of carbonyl (C=O) groups is 5. The largest absolute Gasteiger partial charge is 0.481 e. The van der Waals surface area contributed by atoms with Crippen LogP contribution < -0.4 is 21.7 Å². The van der Waals surface area contributed by atoms with Crippen LogP contribution >= 0.6 is 0 Å². The van der Waals surface area contributed by atoms with Gasteiger partial charge in [0, 0.05) is 6.42 Å². The highest BCUT2D eigenvalue weighted by molar-refractivity contribution is 5.94. The fourth-order valence-corrected chi connectivity index (χ4v) is 3.37. The molecule has 0 aromatic rings. The van der Waals surface area contributed by atoms with Gasteiger partial charge in [-0.05, 0) is 43.4 Å². The van der Waals surface area contributed by atoms with Gasteiger partial charge in [0.25, 0.3) is 0 Å². The maximum atomic E-state index is 13.0. The lowest BCUT2D eigenvalue weighted by Crippen LogP contribution is -2.57. The second-order valence-corrected chi connectivity index (χ2v) is 9.95. The average molecular weight is 487 g/mol. The molecule has 0 aliphatic heterocycles. The minimum atomic E-state index is -1.28. The molecule has 11 heteroatoms. The number of carboxylic acid groups (broad SMARTS) is 2. The zero-order valence-electron chi connectivity index (χ0n) is 21.1. The summed E-state index contributed by atoms with van der Waals surface area (Å²) in [5.41, 5.74) is 5.92. The Morgan fingerprint density at radius 1 is 0.647 bits per heavy atom. The number of aliphatic carboxylic acids is 2. The predicted molar refractivity (Wildman–Crippen MR) is 127 cm³/mol. The van der Waals surface area contributed by atoms with Crippen molar-refractivity contribution < 1.29 is 34.2 Å². The van der Waals surface area contributed by atoms with E-state index in [-0.39, 0.29) is 37.0 Å². The quantitative estimate of drug-likeness (QED) is 0.185. The van der Waals surface area contributed by atoms with Crippen LogP contribution in [0, 0.1) is 17.8 Å². The van der Waals surface area contributed by atoms with Gasteiger partial charge in [-0.15, -0.1) is 0 Å². The molecule has 0 bridgehead atoms. The molecule has 0 saturated heterocycles. The molecule has 0 aromatic carbocycles. The molecular weight excluding hydrogens is 444 g/mol. The minimum Gasteiger partial charge on any atom is -0.481 e. The molecule has 4 atom stereocenters. The van der Waals surface area contributed by atoms with Crippen LogP contribution in [0.2, 0.25) is 0 Å². The van der Waals surface area contributed by atoms with Crippen molar-refractivity contribution in [2.45, 2.75) is 97.8 Å². The molecule has 0 saturated carbocycles. The minimum absolute atomic E-state index is 0.0193. The number of hydrogen-bond acceptors (Lipinski definition) is 6. The molecule has 0 radical (unpaired) electrons. The number of carboxylic acids is 2. The van der Waals surface area contributed by atoms with Crippen LogP contribution in [0.4, 0.5) is 0 Å². The molecule has 4 unspecified atom stereocenters. The van der Waals surface area contributed by atoms with E-state index in [9.17, 15) is 29.1 Å². The summed E-state index contributed by atoms with van der Waals surface area (Å²) in [5, 5.41) is 25.9. The van der Waals surface area contributed by atoms with Gasteiger partial charge in [0.2, 0.25) is 17.7 Å². The summed E-state index contributed by atoms with van der Waals surface area (Å²) < 4.78 is 0. The van der Waals surface area contributed by atoms with Crippen molar-refractivity contribution in [2.75, 3.05) is 0 Å². The zero-order valence-corrected chi connectivity index (χ0v) is 21.1. The second kappa shape index (κ2) is 15.3. The molecule has 0 aliphatic rings.